The fourth-order valence-electron chi connectivity index (χ4n) is 3.84. The molecule has 0 spiro atoms. The third kappa shape index (κ3) is 5.50. The molecule has 0 radical (unpaired) electrons. The topological polar surface area (TPSA) is 50.4 Å². The summed E-state index contributed by atoms with van der Waals surface area (Å²) in [6, 6.07) is 0.668. The van der Waals surface area contributed by atoms with Crippen molar-refractivity contribution >= 4 is 6.09 Å². The largest absolute Gasteiger partial charge is 0.444 e. The Morgan fingerprint density at radius 1 is 1.19 bits per heavy atom. The molecule has 2 atom stereocenters. The normalized spacial score (nSPS) is 27.6. The molecule has 0 aromatic heterocycles. The minimum Gasteiger partial charge on any atom is -0.444 e. The maximum Gasteiger partial charge on any atom is 0.407 e. The predicted molar refractivity (Wildman–Crippen MR) is 85.3 cm³/mol. The summed E-state index contributed by atoms with van der Waals surface area (Å²) >= 11 is 0. The Labute approximate surface area is 129 Å². The lowest BCUT2D eigenvalue weighted by Gasteiger charge is -2.37. The highest BCUT2D eigenvalue weighted by atomic mass is 16.6. The summed E-state index contributed by atoms with van der Waals surface area (Å²) < 4.78 is 5.29. The number of alkyl carbamates (subject to hydrolysis) is 1. The standard InChI is InChI=1S/C17H32N2O2/c1-17(2,3)21-16(20)19-12-10-14-9-6-11-18-15(14)13-7-4-5-8-13/h13-15,18H,4-12H2,1-3H3,(H,19,20). The van der Waals surface area contributed by atoms with Crippen molar-refractivity contribution < 1.29 is 9.53 Å². The van der Waals surface area contributed by atoms with E-state index in [9.17, 15) is 4.79 Å². The van der Waals surface area contributed by atoms with E-state index >= 15 is 0 Å². The van der Waals surface area contributed by atoms with Crippen LogP contribution in [0, 0.1) is 11.8 Å². The summed E-state index contributed by atoms with van der Waals surface area (Å²) in [5.41, 5.74) is -0.414. The smallest absolute Gasteiger partial charge is 0.407 e. The van der Waals surface area contributed by atoms with Crippen molar-refractivity contribution in [2.75, 3.05) is 13.1 Å². The van der Waals surface area contributed by atoms with Gasteiger partial charge in [-0.1, -0.05) is 12.8 Å². The van der Waals surface area contributed by atoms with Crippen molar-refractivity contribution in [3.05, 3.63) is 0 Å². The molecule has 2 rings (SSSR count). The molecule has 4 nitrogen and oxygen atoms in total. The van der Waals surface area contributed by atoms with Crippen LogP contribution >= 0.6 is 0 Å². The van der Waals surface area contributed by atoms with Crippen LogP contribution in [0.5, 0.6) is 0 Å². The predicted octanol–water partition coefficient (Wildman–Crippen LogP) is 3.46. The lowest BCUT2D eigenvalue weighted by Crippen LogP contribution is -2.46. The van der Waals surface area contributed by atoms with Gasteiger partial charge in [-0.25, -0.2) is 4.79 Å². The zero-order valence-corrected chi connectivity index (χ0v) is 13.9. The van der Waals surface area contributed by atoms with Gasteiger partial charge in [-0.15, -0.1) is 0 Å². The molecule has 1 heterocycles. The van der Waals surface area contributed by atoms with Crippen LogP contribution in [-0.4, -0.2) is 30.8 Å². The average Bonchev–Trinajstić information content (AvgIpc) is 2.91. The molecular formula is C17H32N2O2. The molecule has 2 unspecified atom stereocenters. The van der Waals surface area contributed by atoms with Crippen LogP contribution in [0.15, 0.2) is 0 Å². The summed E-state index contributed by atoms with van der Waals surface area (Å²) in [5.74, 6) is 1.56. The van der Waals surface area contributed by atoms with Gasteiger partial charge in [0.15, 0.2) is 0 Å². The van der Waals surface area contributed by atoms with Gasteiger partial charge in [-0.05, 0) is 71.3 Å². The van der Waals surface area contributed by atoms with Gasteiger partial charge in [-0.3, -0.25) is 0 Å². The molecule has 0 aromatic rings. The van der Waals surface area contributed by atoms with E-state index in [1.54, 1.807) is 0 Å². The Bertz CT molecular complexity index is 332. The van der Waals surface area contributed by atoms with E-state index in [2.05, 4.69) is 10.6 Å². The Hall–Kier alpha value is -0.770. The Kier molecular flexibility index (Phi) is 5.91. The lowest BCUT2D eigenvalue weighted by molar-refractivity contribution is 0.0521. The minimum atomic E-state index is -0.414. The van der Waals surface area contributed by atoms with E-state index in [0.29, 0.717) is 12.0 Å². The quantitative estimate of drug-likeness (QED) is 0.835. The average molecular weight is 296 g/mol. The highest BCUT2D eigenvalue weighted by molar-refractivity contribution is 5.67. The first kappa shape index (κ1) is 16.6. The molecule has 2 fully saturated rings. The number of rotatable bonds is 4. The van der Waals surface area contributed by atoms with Crippen LogP contribution in [0.4, 0.5) is 4.79 Å². The van der Waals surface area contributed by atoms with Gasteiger partial charge in [0.25, 0.3) is 0 Å². The van der Waals surface area contributed by atoms with Gasteiger partial charge in [0.05, 0.1) is 0 Å². The zero-order chi connectivity index (χ0) is 15.3. The number of piperidine rings is 1. The van der Waals surface area contributed by atoms with Crippen LogP contribution in [0.2, 0.25) is 0 Å². The van der Waals surface area contributed by atoms with Gasteiger partial charge >= 0.3 is 6.09 Å². The first-order valence-electron chi connectivity index (χ1n) is 8.66. The van der Waals surface area contributed by atoms with E-state index in [0.717, 1.165) is 25.4 Å². The zero-order valence-electron chi connectivity index (χ0n) is 13.9. The van der Waals surface area contributed by atoms with E-state index in [-0.39, 0.29) is 6.09 Å². The van der Waals surface area contributed by atoms with E-state index in [4.69, 9.17) is 4.74 Å². The number of hydrogen-bond donors (Lipinski definition) is 2. The maximum absolute atomic E-state index is 11.7. The SMILES string of the molecule is CC(C)(C)OC(=O)NCCC1CCCNC1C1CCCC1. The van der Waals surface area contributed by atoms with E-state index in [1.807, 2.05) is 20.8 Å². The van der Waals surface area contributed by atoms with Crippen LogP contribution in [-0.2, 0) is 4.74 Å². The summed E-state index contributed by atoms with van der Waals surface area (Å²) in [6.45, 7) is 7.58. The number of carbonyl (C=O) groups is 1. The Morgan fingerprint density at radius 2 is 1.90 bits per heavy atom. The Balaban J connectivity index is 1.73. The van der Waals surface area contributed by atoms with Gasteiger partial charge < -0.3 is 15.4 Å². The first-order valence-corrected chi connectivity index (χ1v) is 8.66. The monoisotopic (exact) mass is 296 g/mol. The fraction of sp³-hybridized carbons (Fsp3) is 0.941. The molecule has 2 aliphatic rings. The van der Waals surface area contributed by atoms with Gasteiger partial charge in [0.1, 0.15) is 5.60 Å². The Morgan fingerprint density at radius 3 is 2.57 bits per heavy atom. The summed E-state index contributed by atoms with van der Waals surface area (Å²) in [5, 5.41) is 6.65. The van der Waals surface area contributed by atoms with Crippen LogP contribution in [0.3, 0.4) is 0 Å². The molecule has 0 bridgehead atoms. The molecule has 4 heteroatoms. The number of amides is 1. The molecule has 1 aliphatic heterocycles. The molecule has 122 valence electrons. The third-order valence-electron chi connectivity index (χ3n) is 4.73. The first-order chi connectivity index (χ1) is 9.96. The van der Waals surface area contributed by atoms with Crippen molar-refractivity contribution in [1.29, 1.82) is 0 Å². The molecule has 1 saturated heterocycles. The molecule has 21 heavy (non-hydrogen) atoms. The molecular weight excluding hydrogens is 264 g/mol. The van der Waals surface area contributed by atoms with Gasteiger partial charge in [0, 0.05) is 12.6 Å². The second-order valence-corrected chi connectivity index (χ2v) is 7.64. The number of ether oxygens (including phenoxy) is 1. The third-order valence-corrected chi connectivity index (χ3v) is 4.73. The highest BCUT2D eigenvalue weighted by Gasteiger charge is 2.32. The number of carbonyl (C=O) groups excluding carboxylic acids is 1. The van der Waals surface area contributed by atoms with E-state index < -0.39 is 5.60 Å². The van der Waals surface area contributed by atoms with Crippen LogP contribution in [0.25, 0.3) is 0 Å². The molecule has 1 saturated carbocycles. The van der Waals surface area contributed by atoms with Crippen molar-refractivity contribution in [3.63, 3.8) is 0 Å². The second kappa shape index (κ2) is 7.48. The highest BCUT2D eigenvalue weighted by Crippen LogP contribution is 2.34. The van der Waals surface area contributed by atoms with Crippen LogP contribution < -0.4 is 10.6 Å². The van der Waals surface area contributed by atoms with Gasteiger partial charge in [0.2, 0.25) is 0 Å². The van der Waals surface area contributed by atoms with Crippen molar-refractivity contribution in [2.45, 2.75) is 77.4 Å². The van der Waals surface area contributed by atoms with E-state index in [1.165, 1.54) is 38.5 Å². The molecule has 1 amide bonds. The molecule has 2 N–H and O–H groups in total. The van der Waals surface area contributed by atoms with Gasteiger partial charge in [-0.2, -0.15) is 0 Å². The minimum absolute atomic E-state index is 0.288. The fourth-order valence-corrected chi connectivity index (χ4v) is 3.84. The summed E-state index contributed by atoms with van der Waals surface area (Å²) in [6.07, 6.45) is 8.89. The summed E-state index contributed by atoms with van der Waals surface area (Å²) in [7, 11) is 0. The van der Waals surface area contributed by atoms with Crippen molar-refractivity contribution in [3.8, 4) is 0 Å². The second-order valence-electron chi connectivity index (χ2n) is 7.64. The van der Waals surface area contributed by atoms with Crippen molar-refractivity contribution in [1.82, 2.24) is 10.6 Å². The maximum atomic E-state index is 11.7. The number of hydrogen-bond acceptors (Lipinski definition) is 3. The van der Waals surface area contributed by atoms with Crippen LogP contribution in [0.1, 0.15) is 65.7 Å². The molecule has 0 aromatic carbocycles. The number of nitrogens with one attached hydrogen (secondary N) is 2. The lowest BCUT2D eigenvalue weighted by atomic mass is 9.80. The molecule has 1 aliphatic carbocycles. The van der Waals surface area contributed by atoms with Crippen molar-refractivity contribution in [2.24, 2.45) is 11.8 Å². The summed E-state index contributed by atoms with van der Waals surface area (Å²) in [4.78, 5) is 11.7.